The number of ether oxygens (including phenoxy) is 1. The summed E-state index contributed by atoms with van der Waals surface area (Å²) in [5.74, 6) is -0.592. The number of aromatic amines is 1. The fourth-order valence-electron chi connectivity index (χ4n) is 3.76. The standard InChI is InChI=1S/C16H21N3O5S.CH2O2/c1-18-6-7-19(11-16(18)4-8-23-9-5-16)25(21,22)12-2-3-13-14(10-12)24-15(20)17-13;2-1-3/h2-3,10H,4-9,11H2,1H3,(H,17,20);1H,(H,2,3). The molecule has 0 saturated carbocycles. The number of hydrogen-bond acceptors (Lipinski definition) is 7. The zero-order chi connectivity index (χ0) is 20.4. The number of sulfonamides is 1. The largest absolute Gasteiger partial charge is 0.483 e. The molecule has 2 aliphatic rings. The number of H-pyrrole nitrogens is 1. The maximum Gasteiger partial charge on any atom is 0.417 e. The van der Waals surface area contributed by atoms with Crippen molar-refractivity contribution in [1.82, 2.24) is 14.2 Å². The molecule has 0 unspecified atom stereocenters. The van der Waals surface area contributed by atoms with Crippen molar-refractivity contribution in [3.05, 3.63) is 28.7 Å². The molecule has 2 aliphatic heterocycles. The minimum absolute atomic E-state index is 0.148. The minimum Gasteiger partial charge on any atom is -0.483 e. The minimum atomic E-state index is -3.65. The van der Waals surface area contributed by atoms with Crippen LogP contribution in [0.4, 0.5) is 0 Å². The van der Waals surface area contributed by atoms with Gasteiger partial charge in [-0.1, -0.05) is 0 Å². The Hall–Kier alpha value is -2.21. The van der Waals surface area contributed by atoms with E-state index in [1.54, 1.807) is 10.4 Å². The van der Waals surface area contributed by atoms with Gasteiger partial charge in [0.05, 0.1) is 10.4 Å². The second-order valence-electron chi connectivity index (χ2n) is 6.87. The van der Waals surface area contributed by atoms with Gasteiger partial charge in [-0.25, -0.2) is 13.2 Å². The molecule has 1 aromatic heterocycles. The van der Waals surface area contributed by atoms with Gasteiger partial charge in [-0.2, -0.15) is 4.31 Å². The number of rotatable bonds is 2. The van der Waals surface area contributed by atoms with Crippen LogP contribution in [0.25, 0.3) is 11.1 Å². The Balaban J connectivity index is 0.000000706. The van der Waals surface area contributed by atoms with Crippen LogP contribution in [0.2, 0.25) is 0 Å². The van der Waals surface area contributed by atoms with Crippen LogP contribution in [0.5, 0.6) is 0 Å². The van der Waals surface area contributed by atoms with E-state index in [-0.39, 0.29) is 22.5 Å². The summed E-state index contributed by atoms with van der Waals surface area (Å²) in [6.45, 7) is 2.62. The number of piperazine rings is 1. The van der Waals surface area contributed by atoms with Gasteiger partial charge in [0.25, 0.3) is 6.47 Å². The number of oxazole rings is 1. The highest BCUT2D eigenvalue weighted by atomic mass is 32.2. The van der Waals surface area contributed by atoms with Crippen molar-refractivity contribution in [3.8, 4) is 0 Å². The van der Waals surface area contributed by atoms with Gasteiger partial charge >= 0.3 is 5.76 Å². The molecule has 1 aromatic carbocycles. The third-order valence-corrected chi connectivity index (χ3v) is 7.26. The first kappa shape index (κ1) is 20.5. The van der Waals surface area contributed by atoms with Gasteiger partial charge in [0.15, 0.2) is 5.58 Å². The average molecular weight is 413 g/mol. The zero-order valence-corrected chi connectivity index (χ0v) is 16.3. The van der Waals surface area contributed by atoms with Gasteiger partial charge in [-0.3, -0.25) is 14.7 Å². The lowest BCUT2D eigenvalue weighted by molar-refractivity contribution is -0.122. The van der Waals surface area contributed by atoms with E-state index in [0.29, 0.717) is 38.4 Å². The number of nitrogens with one attached hydrogen (secondary N) is 1. The molecule has 0 aliphatic carbocycles. The number of likely N-dealkylation sites (N-methyl/N-ethyl adjacent to an activating group) is 1. The van der Waals surface area contributed by atoms with Crippen LogP contribution in [0.1, 0.15) is 12.8 Å². The number of hydrogen-bond donors (Lipinski definition) is 2. The lowest BCUT2D eigenvalue weighted by Crippen LogP contribution is -2.63. The van der Waals surface area contributed by atoms with Gasteiger partial charge in [-0.05, 0) is 32.0 Å². The van der Waals surface area contributed by atoms with E-state index in [1.165, 1.54) is 12.1 Å². The van der Waals surface area contributed by atoms with Crippen LogP contribution in [-0.2, 0) is 19.6 Å². The molecule has 10 nitrogen and oxygen atoms in total. The summed E-state index contributed by atoms with van der Waals surface area (Å²) in [5.41, 5.74) is 0.568. The maximum atomic E-state index is 13.1. The van der Waals surface area contributed by atoms with Crippen molar-refractivity contribution in [3.63, 3.8) is 0 Å². The normalized spacial score (nSPS) is 20.6. The summed E-state index contributed by atoms with van der Waals surface area (Å²) < 4.78 is 38.2. The fourth-order valence-corrected chi connectivity index (χ4v) is 5.28. The highest BCUT2D eigenvalue weighted by Gasteiger charge is 2.44. The summed E-state index contributed by atoms with van der Waals surface area (Å²) in [4.78, 5) is 24.6. The predicted molar refractivity (Wildman–Crippen MR) is 99.7 cm³/mol. The molecule has 11 heteroatoms. The van der Waals surface area contributed by atoms with Crippen molar-refractivity contribution in [2.45, 2.75) is 23.3 Å². The Morgan fingerprint density at radius 2 is 1.93 bits per heavy atom. The number of nitrogens with zero attached hydrogens (tertiary/aromatic N) is 2. The molecule has 2 fully saturated rings. The van der Waals surface area contributed by atoms with Crippen LogP contribution in [0.3, 0.4) is 0 Å². The Kier molecular flexibility index (Phi) is 5.89. The first-order chi connectivity index (χ1) is 13.3. The highest BCUT2D eigenvalue weighted by Crippen LogP contribution is 2.33. The number of aromatic nitrogens is 1. The summed E-state index contributed by atoms with van der Waals surface area (Å²) >= 11 is 0. The van der Waals surface area contributed by atoms with E-state index in [0.717, 1.165) is 12.8 Å². The summed E-state index contributed by atoms with van der Waals surface area (Å²) in [6, 6.07) is 4.49. The molecular weight excluding hydrogens is 390 g/mol. The van der Waals surface area contributed by atoms with Crippen LogP contribution >= 0.6 is 0 Å². The van der Waals surface area contributed by atoms with Gasteiger partial charge in [0, 0.05) is 44.5 Å². The molecule has 2 saturated heterocycles. The van der Waals surface area contributed by atoms with Gasteiger partial charge < -0.3 is 14.3 Å². The molecule has 2 N–H and O–H groups in total. The molecule has 4 rings (SSSR count). The molecule has 0 bridgehead atoms. The van der Waals surface area contributed by atoms with E-state index >= 15 is 0 Å². The highest BCUT2D eigenvalue weighted by molar-refractivity contribution is 7.89. The third-order valence-electron chi connectivity index (χ3n) is 5.42. The van der Waals surface area contributed by atoms with Crippen molar-refractivity contribution >= 4 is 27.6 Å². The van der Waals surface area contributed by atoms with Crippen LogP contribution in [0.15, 0.2) is 32.3 Å². The Bertz CT molecular complexity index is 992. The van der Waals surface area contributed by atoms with Crippen molar-refractivity contribution in [2.24, 2.45) is 0 Å². The number of carbonyl (C=O) groups is 1. The van der Waals surface area contributed by atoms with Crippen LogP contribution < -0.4 is 5.76 Å². The number of benzene rings is 1. The zero-order valence-electron chi connectivity index (χ0n) is 15.5. The monoisotopic (exact) mass is 413 g/mol. The SMILES string of the molecule is CN1CCN(S(=O)(=O)c2ccc3[nH]c(=O)oc3c2)CC12CCOCC2.O=CO. The molecule has 1 spiro atoms. The van der Waals surface area contributed by atoms with Gasteiger partial charge in [0.1, 0.15) is 0 Å². The number of carboxylic acid groups (broad SMARTS) is 1. The van der Waals surface area contributed by atoms with Crippen LogP contribution in [-0.4, -0.2) is 79.6 Å². The van der Waals surface area contributed by atoms with E-state index in [2.05, 4.69) is 16.9 Å². The molecule has 154 valence electrons. The van der Waals surface area contributed by atoms with Crippen molar-refractivity contribution < 1.29 is 27.5 Å². The summed E-state index contributed by atoms with van der Waals surface area (Å²) in [5, 5.41) is 6.89. The van der Waals surface area contributed by atoms with Crippen LogP contribution in [0, 0.1) is 0 Å². The first-order valence-corrected chi connectivity index (χ1v) is 10.3. The molecule has 0 radical (unpaired) electrons. The predicted octanol–water partition coefficient (Wildman–Crippen LogP) is 0.307. The molecule has 0 atom stereocenters. The Morgan fingerprint density at radius 3 is 2.61 bits per heavy atom. The quantitative estimate of drug-likeness (QED) is 0.672. The van der Waals surface area contributed by atoms with E-state index in [9.17, 15) is 13.2 Å². The van der Waals surface area contributed by atoms with E-state index in [1.807, 2.05) is 0 Å². The summed E-state index contributed by atoms with van der Waals surface area (Å²) in [7, 11) is -1.60. The average Bonchev–Trinajstić information content (AvgIpc) is 3.04. The maximum absolute atomic E-state index is 13.1. The second kappa shape index (κ2) is 8.03. The van der Waals surface area contributed by atoms with Crippen molar-refractivity contribution in [2.75, 3.05) is 39.9 Å². The molecular formula is C17H23N3O7S. The topological polar surface area (TPSA) is 133 Å². The molecule has 3 heterocycles. The lowest BCUT2D eigenvalue weighted by atomic mass is 9.87. The van der Waals surface area contributed by atoms with Crippen molar-refractivity contribution in [1.29, 1.82) is 0 Å². The third kappa shape index (κ3) is 3.83. The molecule has 0 amide bonds. The lowest BCUT2D eigenvalue weighted by Gasteiger charge is -2.50. The van der Waals surface area contributed by atoms with Gasteiger partial charge in [-0.15, -0.1) is 0 Å². The second-order valence-corrected chi connectivity index (χ2v) is 8.81. The fraction of sp³-hybridized carbons (Fsp3) is 0.529. The van der Waals surface area contributed by atoms with Gasteiger partial charge in [0.2, 0.25) is 10.0 Å². The number of fused-ring (bicyclic) bond motifs is 1. The first-order valence-electron chi connectivity index (χ1n) is 8.82. The van der Waals surface area contributed by atoms with E-state index in [4.69, 9.17) is 19.1 Å². The summed E-state index contributed by atoms with van der Waals surface area (Å²) in [6.07, 6.45) is 1.64. The smallest absolute Gasteiger partial charge is 0.417 e. The Morgan fingerprint density at radius 1 is 1.25 bits per heavy atom. The Labute approximate surface area is 161 Å². The van der Waals surface area contributed by atoms with E-state index < -0.39 is 15.8 Å². The molecule has 28 heavy (non-hydrogen) atoms. The molecule has 2 aromatic rings.